The Morgan fingerprint density at radius 3 is 2.70 bits per heavy atom. The van der Waals surface area contributed by atoms with Crippen molar-refractivity contribution in [3.8, 4) is 5.75 Å². The highest BCUT2D eigenvalue weighted by atomic mass is 32.1. The summed E-state index contributed by atoms with van der Waals surface area (Å²) in [6.45, 7) is 6.80. The third-order valence-corrected chi connectivity index (χ3v) is 5.93. The molecule has 0 unspecified atom stereocenters. The van der Waals surface area contributed by atoms with Gasteiger partial charge in [0.25, 0.3) is 0 Å². The fourth-order valence-electron chi connectivity index (χ4n) is 3.14. The molecule has 146 valence electrons. The molecule has 27 heavy (non-hydrogen) atoms. The number of quaternary nitrogens is 1. The Balaban J connectivity index is 1.56. The number of nitrogens with one attached hydrogen (secondary N) is 2. The second-order valence-electron chi connectivity index (χ2n) is 6.56. The lowest BCUT2D eigenvalue weighted by molar-refractivity contribution is -0.908. The number of rotatable bonds is 8. The maximum absolute atomic E-state index is 5.72. The van der Waals surface area contributed by atoms with Crippen molar-refractivity contribution in [3.05, 3.63) is 46.7 Å². The predicted molar refractivity (Wildman–Crippen MR) is 115 cm³/mol. The molecule has 1 aromatic heterocycles. The summed E-state index contributed by atoms with van der Waals surface area (Å²) in [7, 11) is 1.68. The van der Waals surface area contributed by atoms with Crippen LogP contribution in [0.3, 0.4) is 0 Å². The molecular formula is C20H28N3O2S2+. The van der Waals surface area contributed by atoms with E-state index >= 15 is 0 Å². The summed E-state index contributed by atoms with van der Waals surface area (Å²) in [5.41, 5.74) is 1.07. The standard InChI is InChI=1S/C20H27N3O2S2/c1-24-18-7-5-17(6-8-18)23(16-19-4-2-15-27-19)20(26)21-9-3-10-22-11-13-25-14-12-22/h2,4-8,15H,3,9-14,16H2,1H3,(H,21,26)/p+1. The van der Waals surface area contributed by atoms with E-state index < -0.39 is 0 Å². The SMILES string of the molecule is COc1ccc(N(Cc2cccs2)C(=S)NCCC[NH+]2CCOCC2)cc1. The van der Waals surface area contributed by atoms with Crippen LogP contribution in [0.2, 0.25) is 0 Å². The van der Waals surface area contributed by atoms with Gasteiger partial charge >= 0.3 is 0 Å². The second kappa shape index (κ2) is 10.6. The molecule has 2 N–H and O–H groups in total. The summed E-state index contributed by atoms with van der Waals surface area (Å²) in [6, 6.07) is 12.3. The first-order valence-electron chi connectivity index (χ1n) is 9.39. The zero-order valence-corrected chi connectivity index (χ0v) is 17.4. The van der Waals surface area contributed by atoms with Crippen LogP contribution in [0, 0.1) is 0 Å². The van der Waals surface area contributed by atoms with E-state index in [1.807, 2.05) is 12.1 Å². The van der Waals surface area contributed by atoms with Crippen molar-refractivity contribution in [2.24, 2.45) is 0 Å². The maximum atomic E-state index is 5.72. The zero-order chi connectivity index (χ0) is 18.9. The monoisotopic (exact) mass is 406 g/mol. The van der Waals surface area contributed by atoms with Gasteiger partial charge in [0.2, 0.25) is 0 Å². The number of nitrogens with zero attached hydrogens (tertiary/aromatic N) is 1. The van der Waals surface area contributed by atoms with Crippen LogP contribution in [-0.2, 0) is 11.3 Å². The Labute approximate surface area is 170 Å². The molecule has 1 aliphatic rings. The van der Waals surface area contributed by atoms with Gasteiger partial charge in [-0.2, -0.15) is 0 Å². The van der Waals surface area contributed by atoms with Gasteiger partial charge in [-0.05, 0) is 47.9 Å². The van der Waals surface area contributed by atoms with E-state index in [-0.39, 0.29) is 0 Å². The highest BCUT2D eigenvalue weighted by Gasteiger charge is 2.15. The highest BCUT2D eigenvalue weighted by molar-refractivity contribution is 7.80. The van der Waals surface area contributed by atoms with Crippen LogP contribution in [0.4, 0.5) is 5.69 Å². The van der Waals surface area contributed by atoms with Gasteiger partial charge in [-0.25, -0.2) is 0 Å². The zero-order valence-electron chi connectivity index (χ0n) is 15.8. The lowest BCUT2D eigenvalue weighted by Crippen LogP contribution is -3.14. The number of morpholine rings is 1. The summed E-state index contributed by atoms with van der Waals surface area (Å²) in [6.07, 6.45) is 1.10. The molecule has 1 fully saturated rings. The second-order valence-corrected chi connectivity index (χ2v) is 7.98. The summed E-state index contributed by atoms with van der Waals surface area (Å²) in [5.74, 6) is 0.849. The predicted octanol–water partition coefficient (Wildman–Crippen LogP) is 1.94. The van der Waals surface area contributed by atoms with Crippen LogP contribution in [-0.4, -0.2) is 51.6 Å². The number of thiocarbonyl (C=S) groups is 1. The van der Waals surface area contributed by atoms with Crippen molar-refractivity contribution in [1.29, 1.82) is 0 Å². The van der Waals surface area contributed by atoms with Crippen LogP contribution in [0.1, 0.15) is 11.3 Å². The van der Waals surface area contributed by atoms with Crippen LogP contribution in [0.25, 0.3) is 0 Å². The van der Waals surface area contributed by atoms with Gasteiger partial charge in [-0.15, -0.1) is 11.3 Å². The van der Waals surface area contributed by atoms with Crippen LogP contribution < -0.4 is 19.9 Å². The average molecular weight is 407 g/mol. The van der Waals surface area contributed by atoms with Gasteiger partial charge in [0.15, 0.2) is 5.11 Å². The lowest BCUT2D eigenvalue weighted by Gasteiger charge is -2.27. The molecule has 0 saturated carbocycles. The average Bonchev–Trinajstić information content (AvgIpc) is 3.23. The van der Waals surface area contributed by atoms with Crippen LogP contribution >= 0.6 is 23.6 Å². The molecule has 0 radical (unpaired) electrons. The first-order valence-corrected chi connectivity index (χ1v) is 10.7. The molecule has 0 aliphatic carbocycles. The number of methoxy groups -OCH3 is 1. The third kappa shape index (κ3) is 6.17. The van der Waals surface area contributed by atoms with Crippen molar-refractivity contribution in [1.82, 2.24) is 5.32 Å². The minimum atomic E-state index is 0.768. The van der Waals surface area contributed by atoms with E-state index in [1.54, 1.807) is 23.3 Å². The van der Waals surface area contributed by atoms with E-state index in [0.29, 0.717) is 0 Å². The van der Waals surface area contributed by atoms with E-state index in [4.69, 9.17) is 21.7 Å². The molecule has 3 rings (SSSR count). The van der Waals surface area contributed by atoms with Gasteiger partial charge < -0.3 is 24.6 Å². The molecule has 0 spiro atoms. The summed E-state index contributed by atoms with van der Waals surface area (Å²) in [5, 5.41) is 6.32. The van der Waals surface area contributed by atoms with Gasteiger partial charge in [-0.1, -0.05) is 6.07 Å². The minimum absolute atomic E-state index is 0.768. The summed E-state index contributed by atoms with van der Waals surface area (Å²) in [4.78, 5) is 5.06. The normalized spacial score (nSPS) is 14.7. The maximum Gasteiger partial charge on any atom is 0.173 e. The van der Waals surface area contributed by atoms with Crippen molar-refractivity contribution >= 4 is 34.4 Å². The van der Waals surface area contributed by atoms with Crippen LogP contribution in [0.5, 0.6) is 5.75 Å². The molecule has 2 aromatic rings. The Morgan fingerprint density at radius 1 is 1.26 bits per heavy atom. The largest absolute Gasteiger partial charge is 0.497 e. The van der Waals surface area contributed by atoms with Crippen molar-refractivity contribution in [2.45, 2.75) is 13.0 Å². The fraction of sp³-hybridized carbons (Fsp3) is 0.450. The third-order valence-electron chi connectivity index (χ3n) is 4.71. The molecule has 2 heterocycles. The molecule has 1 aliphatic heterocycles. The minimum Gasteiger partial charge on any atom is -0.497 e. The number of hydrogen-bond donors (Lipinski definition) is 2. The van der Waals surface area contributed by atoms with Gasteiger partial charge in [0.05, 0.1) is 33.4 Å². The van der Waals surface area contributed by atoms with Crippen molar-refractivity contribution in [3.63, 3.8) is 0 Å². The Hall–Kier alpha value is -1.67. The summed E-state index contributed by atoms with van der Waals surface area (Å²) < 4.78 is 10.7. The van der Waals surface area contributed by atoms with Crippen molar-refractivity contribution < 1.29 is 14.4 Å². The first-order chi connectivity index (χ1) is 13.3. The molecule has 0 amide bonds. The number of hydrogen-bond acceptors (Lipinski definition) is 4. The summed E-state index contributed by atoms with van der Waals surface area (Å²) >= 11 is 7.47. The van der Waals surface area contributed by atoms with E-state index in [1.165, 1.54) is 4.88 Å². The number of anilines is 1. The first kappa shape index (κ1) is 20.1. The highest BCUT2D eigenvalue weighted by Crippen LogP contribution is 2.22. The number of thiophene rings is 1. The fourth-order valence-corrected chi connectivity index (χ4v) is 4.10. The Kier molecular flexibility index (Phi) is 7.89. The van der Waals surface area contributed by atoms with Crippen molar-refractivity contribution in [2.75, 3.05) is 51.4 Å². The molecule has 1 aromatic carbocycles. The molecular weight excluding hydrogens is 378 g/mol. The molecule has 7 heteroatoms. The lowest BCUT2D eigenvalue weighted by atomic mass is 10.2. The topological polar surface area (TPSA) is 38.2 Å². The number of benzene rings is 1. The molecule has 1 saturated heterocycles. The smallest absolute Gasteiger partial charge is 0.173 e. The Bertz CT molecular complexity index is 686. The molecule has 5 nitrogen and oxygen atoms in total. The van der Waals surface area contributed by atoms with E-state index in [2.05, 4.69) is 39.9 Å². The Morgan fingerprint density at radius 2 is 2.04 bits per heavy atom. The quantitative estimate of drug-likeness (QED) is 0.518. The molecule has 0 bridgehead atoms. The molecule has 0 atom stereocenters. The van der Waals surface area contributed by atoms with Gasteiger partial charge in [0, 0.05) is 23.5 Å². The van der Waals surface area contributed by atoms with Gasteiger partial charge in [0.1, 0.15) is 18.8 Å². The van der Waals surface area contributed by atoms with Gasteiger partial charge in [-0.3, -0.25) is 0 Å². The van der Waals surface area contributed by atoms with E-state index in [9.17, 15) is 0 Å². The van der Waals surface area contributed by atoms with E-state index in [0.717, 1.165) is 68.9 Å². The number of ether oxygens (including phenoxy) is 2. The van der Waals surface area contributed by atoms with Crippen LogP contribution in [0.15, 0.2) is 41.8 Å².